The third-order valence-corrected chi connectivity index (χ3v) is 11.6. The van der Waals surface area contributed by atoms with Gasteiger partial charge in [0.25, 0.3) is 5.91 Å². The summed E-state index contributed by atoms with van der Waals surface area (Å²) in [5.74, 6) is -2.43. The number of benzene rings is 3. The minimum atomic E-state index is -1.04. The summed E-state index contributed by atoms with van der Waals surface area (Å²) in [6, 6.07) is 6.65. The number of primary amides is 1. The quantitative estimate of drug-likeness (QED) is 0.179. The molecule has 4 aliphatic heterocycles. The summed E-state index contributed by atoms with van der Waals surface area (Å²) in [5.41, 5.74) is 3.81. The van der Waals surface area contributed by atoms with Crippen LogP contribution in [-0.4, -0.2) is 115 Å². The number of halogens is 3. The molecule has 0 saturated carbocycles. The minimum Gasteiger partial charge on any atom is -0.495 e. The number of rotatable bonds is 10. The van der Waals surface area contributed by atoms with E-state index in [1.165, 1.54) is 32.4 Å². The van der Waals surface area contributed by atoms with Gasteiger partial charge in [-0.1, -0.05) is 12.1 Å². The maximum atomic E-state index is 17.8. The number of hydrogen-bond donors (Lipinski definition) is 1. The summed E-state index contributed by atoms with van der Waals surface area (Å²) in [5, 5.41) is 0.418. The first-order valence-corrected chi connectivity index (χ1v) is 19.3. The number of carbonyl (C=O) groups is 2. The van der Waals surface area contributed by atoms with Crippen molar-refractivity contribution in [3.63, 3.8) is 0 Å². The summed E-state index contributed by atoms with van der Waals surface area (Å²) in [6.07, 6.45) is 1.85. The van der Waals surface area contributed by atoms with E-state index in [4.69, 9.17) is 34.4 Å². The number of anilines is 1. The first-order valence-electron chi connectivity index (χ1n) is 19.3. The Labute approximate surface area is 328 Å². The number of alkyl halides is 1. The fraction of sp³-hybridized carbons (Fsp3) is 0.512. The van der Waals surface area contributed by atoms with Gasteiger partial charge in [0.15, 0.2) is 12.6 Å². The Bertz CT molecular complexity index is 2240. The first-order chi connectivity index (χ1) is 27.2. The van der Waals surface area contributed by atoms with Gasteiger partial charge in [0, 0.05) is 49.7 Å². The average molecular weight is 793 g/mol. The molecule has 2 amide bonds. The molecule has 2 unspecified atom stereocenters. The van der Waals surface area contributed by atoms with Crippen molar-refractivity contribution < 1.29 is 46.4 Å². The zero-order valence-electron chi connectivity index (χ0n) is 32.7. The number of amides is 2. The molecular formula is C41H47F3N6O7. The Kier molecular flexibility index (Phi) is 9.99. The molecule has 8 rings (SSSR count). The molecule has 4 aliphatic rings. The molecule has 4 aromatic rings. The number of ether oxygens (including phenoxy) is 5. The Hall–Kier alpha value is -5.09. The highest BCUT2D eigenvalue weighted by Gasteiger charge is 2.50. The smallest absolute Gasteiger partial charge is 0.410 e. The number of carbonyl (C=O) groups excluding carboxylic acids is 2. The highest BCUT2D eigenvalue weighted by atomic mass is 19.1. The third-order valence-electron chi connectivity index (χ3n) is 11.6. The van der Waals surface area contributed by atoms with Gasteiger partial charge >= 0.3 is 12.1 Å². The molecule has 304 valence electrons. The van der Waals surface area contributed by atoms with Gasteiger partial charge in [-0.3, -0.25) is 14.6 Å². The number of nitrogens with two attached hydrogens (primary N) is 1. The van der Waals surface area contributed by atoms with E-state index >= 15 is 8.78 Å². The van der Waals surface area contributed by atoms with E-state index in [2.05, 4.69) is 9.88 Å². The second-order valence-corrected chi connectivity index (χ2v) is 16.4. The van der Waals surface area contributed by atoms with Crippen molar-refractivity contribution in [3.8, 4) is 28.6 Å². The van der Waals surface area contributed by atoms with Crippen LogP contribution in [0, 0.1) is 11.6 Å². The van der Waals surface area contributed by atoms with E-state index in [1.54, 1.807) is 17.0 Å². The molecule has 13 nitrogen and oxygen atoms in total. The average Bonchev–Trinajstić information content (AvgIpc) is 3.78. The van der Waals surface area contributed by atoms with Crippen LogP contribution >= 0.6 is 0 Å². The van der Waals surface area contributed by atoms with Crippen LogP contribution in [0.4, 0.5) is 23.8 Å². The van der Waals surface area contributed by atoms with Crippen LogP contribution in [0.15, 0.2) is 30.3 Å². The lowest BCUT2D eigenvalue weighted by molar-refractivity contribution is 0.0122. The molecular weight excluding hydrogens is 745 g/mol. The van der Waals surface area contributed by atoms with Crippen LogP contribution in [0.2, 0.25) is 0 Å². The van der Waals surface area contributed by atoms with Crippen molar-refractivity contribution in [2.24, 2.45) is 5.73 Å². The van der Waals surface area contributed by atoms with E-state index in [0.717, 1.165) is 19.4 Å². The monoisotopic (exact) mass is 792 g/mol. The maximum absolute atomic E-state index is 17.8. The summed E-state index contributed by atoms with van der Waals surface area (Å²) < 4.78 is 77.3. The van der Waals surface area contributed by atoms with Crippen molar-refractivity contribution in [2.75, 3.05) is 58.7 Å². The molecule has 0 aliphatic carbocycles. The Morgan fingerprint density at radius 3 is 2.46 bits per heavy atom. The normalized spacial score (nSPS) is 23.3. The standard InChI is InChI=1S/C41H47F3N6O7/c1-40(2,3)57-39(52)50-24-10-11-25(50)19-48(18-24)37-32-34(46-38(47-37)55-20-41-12-7-13-49(41)17-23(42)16-41)33(44)30(31(36(45)51)35(32)54-5)27-15-26(56-21-53-4)14-22-8-6-9-28(43)29(22)27/h6,8-9,14-15,23-25H,7,10-13,16-21H2,1-5H3,(H2,45,51)/t23-,24?,25?,41+/m1/s1. The van der Waals surface area contributed by atoms with E-state index in [-0.39, 0.29) is 101 Å². The van der Waals surface area contributed by atoms with Crippen LogP contribution in [-0.2, 0) is 9.47 Å². The molecule has 4 saturated heterocycles. The summed E-state index contributed by atoms with van der Waals surface area (Å²) in [6.45, 7) is 6.96. The zero-order chi connectivity index (χ0) is 40.4. The zero-order valence-corrected chi connectivity index (χ0v) is 32.7. The molecule has 5 heterocycles. The second kappa shape index (κ2) is 14.7. The first kappa shape index (κ1) is 38.8. The minimum absolute atomic E-state index is 0.00750. The Morgan fingerprint density at radius 2 is 1.77 bits per heavy atom. The lowest BCUT2D eigenvalue weighted by Gasteiger charge is -2.42. The lowest BCUT2D eigenvalue weighted by Crippen LogP contribution is -2.57. The van der Waals surface area contributed by atoms with Crippen LogP contribution < -0.4 is 24.8 Å². The topological polar surface area (TPSA) is 142 Å². The van der Waals surface area contributed by atoms with Crippen LogP contribution in [0.1, 0.15) is 63.2 Å². The predicted molar refractivity (Wildman–Crippen MR) is 206 cm³/mol. The Balaban J connectivity index is 1.33. The fourth-order valence-corrected chi connectivity index (χ4v) is 9.35. The van der Waals surface area contributed by atoms with E-state index in [1.807, 2.05) is 25.7 Å². The molecule has 4 fully saturated rings. The number of fused-ring (bicyclic) bond motifs is 5. The van der Waals surface area contributed by atoms with Gasteiger partial charge in [-0.2, -0.15) is 9.97 Å². The van der Waals surface area contributed by atoms with E-state index in [0.29, 0.717) is 24.8 Å². The summed E-state index contributed by atoms with van der Waals surface area (Å²) in [7, 11) is 2.76. The van der Waals surface area contributed by atoms with E-state index < -0.39 is 40.9 Å². The molecule has 4 atom stereocenters. The molecule has 2 N–H and O–H groups in total. The van der Waals surface area contributed by atoms with Crippen molar-refractivity contribution >= 4 is 39.5 Å². The maximum Gasteiger partial charge on any atom is 0.410 e. The Morgan fingerprint density at radius 1 is 1.02 bits per heavy atom. The van der Waals surface area contributed by atoms with Gasteiger partial charge < -0.3 is 34.3 Å². The van der Waals surface area contributed by atoms with Crippen LogP contribution in [0.3, 0.4) is 0 Å². The van der Waals surface area contributed by atoms with Gasteiger partial charge in [0.1, 0.15) is 47.0 Å². The highest BCUT2D eigenvalue weighted by molar-refractivity contribution is 6.14. The molecule has 57 heavy (non-hydrogen) atoms. The van der Waals surface area contributed by atoms with E-state index in [9.17, 15) is 14.0 Å². The fourth-order valence-electron chi connectivity index (χ4n) is 9.35. The number of piperazine rings is 1. The van der Waals surface area contributed by atoms with Gasteiger partial charge in [0.2, 0.25) is 0 Å². The van der Waals surface area contributed by atoms with Crippen LogP contribution in [0.25, 0.3) is 32.8 Å². The number of nitrogens with zero attached hydrogens (tertiary/aromatic N) is 5. The van der Waals surface area contributed by atoms with Crippen molar-refractivity contribution in [1.82, 2.24) is 19.8 Å². The molecule has 0 spiro atoms. The number of methoxy groups -OCH3 is 2. The lowest BCUT2D eigenvalue weighted by atomic mass is 9.90. The number of hydrogen-bond acceptors (Lipinski definition) is 11. The molecule has 16 heteroatoms. The predicted octanol–water partition coefficient (Wildman–Crippen LogP) is 6.36. The van der Waals surface area contributed by atoms with Gasteiger partial charge in [-0.15, -0.1) is 0 Å². The molecule has 1 aromatic heterocycles. The van der Waals surface area contributed by atoms with Crippen molar-refractivity contribution in [3.05, 3.63) is 47.5 Å². The van der Waals surface area contributed by atoms with Crippen molar-refractivity contribution in [1.29, 1.82) is 0 Å². The molecule has 2 bridgehead atoms. The summed E-state index contributed by atoms with van der Waals surface area (Å²) >= 11 is 0. The van der Waals surface area contributed by atoms with Gasteiger partial charge in [-0.25, -0.2) is 18.0 Å². The third kappa shape index (κ3) is 6.89. The van der Waals surface area contributed by atoms with Gasteiger partial charge in [0.05, 0.1) is 35.7 Å². The second-order valence-electron chi connectivity index (χ2n) is 16.4. The largest absolute Gasteiger partial charge is 0.495 e. The number of aromatic nitrogens is 2. The summed E-state index contributed by atoms with van der Waals surface area (Å²) in [4.78, 5) is 42.2. The molecule has 0 radical (unpaired) electrons. The highest BCUT2D eigenvalue weighted by Crippen LogP contribution is 2.48. The SMILES string of the molecule is COCOc1cc(-c2c(C(N)=O)c(OC)c3c(N4CC5CCC(C4)N5C(=O)OC(C)(C)C)nc(OC[C@@]45CCCN4C[C@H](F)C5)nc3c2F)c2c(F)cccc2c1. The van der Waals surface area contributed by atoms with Crippen LogP contribution in [0.5, 0.6) is 17.5 Å². The molecule has 3 aromatic carbocycles. The van der Waals surface area contributed by atoms with Crippen molar-refractivity contribution in [2.45, 2.75) is 82.3 Å². The van der Waals surface area contributed by atoms with Gasteiger partial charge in [-0.05, 0) is 76.6 Å².